The van der Waals surface area contributed by atoms with Crippen LogP contribution in [0.2, 0.25) is 0 Å². The molecule has 0 aliphatic carbocycles. The molecule has 1 aromatic rings. The summed E-state index contributed by atoms with van der Waals surface area (Å²) in [6, 6.07) is 9.37. The Balaban J connectivity index is 2.31. The number of rotatable bonds is 6. The normalized spacial score (nSPS) is 10.4. The summed E-state index contributed by atoms with van der Waals surface area (Å²) in [7, 11) is 0. The molecule has 0 aliphatic heterocycles. The van der Waals surface area contributed by atoms with Crippen LogP contribution in [0.5, 0.6) is 0 Å². The van der Waals surface area contributed by atoms with Crippen LogP contribution in [0.4, 0.5) is 0 Å². The maximum atomic E-state index is 11.7. The second-order valence-electron chi connectivity index (χ2n) is 4.09. The van der Waals surface area contributed by atoms with Gasteiger partial charge >= 0.3 is 0 Å². The molecule has 88 valence electrons. The molecule has 2 heteroatoms. The highest BCUT2D eigenvalue weighted by molar-refractivity contribution is 5.94. The molecule has 2 nitrogen and oxygen atoms in total. The summed E-state index contributed by atoms with van der Waals surface area (Å²) >= 11 is 0. The first kappa shape index (κ1) is 12.8. The Labute approximate surface area is 98.1 Å². The zero-order chi connectivity index (χ0) is 11.8. The molecule has 1 N–H and O–H groups in total. The van der Waals surface area contributed by atoms with Crippen molar-refractivity contribution in [2.45, 2.75) is 33.1 Å². The summed E-state index contributed by atoms with van der Waals surface area (Å²) in [5.41, 5.74) is 0.743. The van der Waals surface area contributed by atoms with E-state index in [0.717, 1.165) is 24.4 Å². The highest BCUT2D eigenvalue weighted by atomic mass is 16.1. The van der Waals surface area contributed by atoms with Crippen LogP contribution in [0.3, 0.4) is 0 Å². The van der Waals surface area contributed by atoms with Gasteiger partial charge in [0.05, 0.1) is 0 Å². The van der Waals surface area contributed by atoms with E-state index in [1.54, 1.807) is 0 Å². The van der Waals surface area contributed by atoms with E-state index in [1.807, 2.05) is 30.3 Å². The number of hydrogen-bond acceptors (Lipinski definition) is 1. The number of amides is 1. The van der Waals surface area contributed by atoms with Crippen molar-refractivity contribution in [1.82, 2.24) is 5.32 Å². The highest BCUT2D eigenvalue weighted by Gasteiger charge is 2.06. The molecule has 0 aromatic heterocycles. The minimum absolute atomic E-state index is 0.0338. The van der Waals surface area contributed by atoms with Crippen LogP contribution in [-0.2, 0) is 0 Å². The van der Waals surface area contributed by atoms with Crippen LogP contribution in [0.1, 0.15) is 43.5 Å². The zero-order valence-corrected chi connectivity index (χ0v) is 10.2. The van der Waals surface area contributed by atoms with E-state index in [1.165, 1.54) is 12.8 Å². The molecular weight excluding hydrogens is 198 g/mol. The fraction of sp³-hybridized carbons (Fsp3) is 0.500. The average molecular weight is 219 g/mol. The van der Waals surface area contributed by atoms with Crippen LogP contribution < -0.4 is 5.32 Å². The average Bonchev–Trinajstić information content (AvgIpc) is 2.35. The maximum Gasteiger partial charge on any atom is 0.251 e. The molecule has 0 atom stereocenters. The van der Waals surface area contributed by atoms with Gasteiger partial charge in [-0.15, -0.1) is 0 Å². The van der Waals surface area contributed by atoms with Crippen molar-refractivity contribution in [2.75, 3.05) is 6.54 Å². The molecule has 0 heterocycles. The summed E-state index contributed by atoms with van der Waals surface area (Å²) in [6.45, 7) is 5.18. The van der Waals surface area contributed by atoms with Crippen molar-refractivity contribution in [3.8, 4) is 0 Å². The predicted octanol–water partition coefficient (Wildman–Crippen LogP) is 3.24. The molecular formula is C14H21NO. The lowest BCUT2D eigenvalue weighted by Crippen LogP contribution is -2.25. The number of benzene rings is 1. The van der Waals surface area contributed by atoms with Crippen molar-refractivity contribution in [1.29, 1.82) is 0 Å². The summed E-state index contributed by atoms with van der Waals surface area (Å²) in [6.07, 6.45) is 3.46. The topological polar surface area (TPSA) is 29.1 Å². The standard InChI is InChI=1S/C14H21NO/c1-3-12(4-2)10-11-15-14(16)13-8-6-5-7-9-13/h5-9,12H,3-4,10-11H2,1-2H3,(H,15,16). The highest BCUT2D eigenvalue weighted by Crippen LogP contribution is 2.11. The molecule has 0 bridgehead atoms. The van der Waals surface area contributed by atoms with Gasteiger partial charge in [-0.05, 0) is 24.5 Å². The smallest absolute Gasteiger partial charge is 0.251 e. The van der Waals surface area contributed by atoms with Crippen molar-refractivity contribution < 1.29 is 4.79 Å². The second kappa shape index (κ2) is 7.04. The van der Waals surface area contributed by atoms with Gasteiger partial charge in [0.2, 0.25) is 0 Å². The fourth-order valence-electron chi connectivity index (χ4n) is 1.78. The minimum atomic E-state index is 0.0338. The molecule has 1 aromatic carbocycles. The third-order valence-corrected chi connectivity index (χ3v) is 3.03. The van der Waals surface area contributed by atoms with Gasteiger partial charge in [0.1, 0.15) is 0 Å². The van der Waals surface area contributed by atoms with Gasteiger partial charge in [-0.25, -0.2) is 0 Å². The van der Waals surface area contributed by atoms with Gasteiger partial charge in [-0.1, -0.05) is 44.9 Å². The Bertz CT molecular complexity index is 304. The quantitative estimate of drug-likeness (QED) is 0.782. The van der Waals surface area contributed by atoms with Crippen LogP contribution in [0, 0.1) is 5.92 Å². The van der Waals surface area contributed by atoms with E-state index in [9.17, 15) is 4.79 Å². The monoisotopic (exact) mass is 219 g/mol. The molecule has 0 unspecified atom stereocenters. The Hall–Kier alpha value is -1.31. The lowest BCUT2D eigenvalue weighted by atomic mass is 10.00. The SMILES string of the molecule is CCC(CC)CCNC(=O)c1ccccc1. The third kappa shape index (κ3) is 4.05. The van der Waals surface area contributed by atoms with E-state index in [0.29, 0.717) is 0 Å². The van der Waals surface area contributed by atoms with E-state index in [4.69, 9.17) is 0 Å². The minimum Gasteiger partial charge on any atom is -0.352 e. The van der Waals surface area contributed by atoms with Crippen LogP contribution in [0.15, 0.2) is 30.3 Å². The molecule has 0 fully saturated rings. The van der Waals surface area contributed by atoms with Crippen LogP contribution in [0.25, 0.3) is 0 Å². The first-order valence-electron chi connectivity index (χ1n) is 6.11. The summed E-state index contributed by atoms with van der Waals surface area (Å²) in [5, 5.41) is 2.96. The van der Waals surface area contributed by atoms with Gasteiger partial charge in [0.15, 0.2) is 0 Å². The van der Waals surface area contributed by atoms with E-state index < -0.39 is 0 Å². The maximum absolute atomic E-state index is 11.7. The van der Waals surface area contributed by atoms with E-state index in [-0.39, 0.29) is 5.91 Å². The number of hydrogen-bond donors (Lipinski definition) is 1. The van der Waals surface area contributed by atoms with Gasteiger partial charge in [-0.2, -0.15) is 0 Å². The Kier molecular flexibility index (Phi) is 5.62. The van der Waals surface area contributed by atoms with E-state index in [2.05, 4.69) is 19.2 Å². The Morgan fingerprint density at radius 3 is 2.38 bits per heavy atom. The second-order valence-corrected chi connectivity index (χ2v) is 4.09. The molecule has 16 heavy (non-hydrogen) atoms. The Morgan fingerprint density at radius 1 is 1.19 bits per heavy atom. The predicted molar refractivity (Wildman–Crippen MR) is 67.5 cm³/mol. The van der Waals surface area contributed by atoms with E-state index >= 15 is 0 Å². The van der Waals surface area contributed by atoms with Gasteiger partial charge in [0.25, 0.3) is 5.91 Å². The summed E-state index contributed by atoms with van der Waals surface area (Å²) in [4.78, 5) is 11.7. The number of carbonyl (C=O) groups excluding carboxylic acids is 1. The molecule has 0 radical (unpaired) electrons. The van der Waals surface area contributed by atoms with Crippen molar-refractivity contribution in [2.24, 2.45) is 5.92 Å². The molecule has 0 saturated heterocycles. The summed E-state index contributed by atoms with van der Waals surface area (Å²) in [5.74, 6) is 0.766. The van der Waals surface area contributed by atoms with Gasteiger partial charge < -0.3 is 5.32 Å². The first-order valence-corrected chi connectivity index (χ1v) is 6.11. The summed E-state index contributed by atoms with van der Waals surface area (Å²) < 4.78 is 0. The van der Waals surface area contributed by atoms with Gasteiger partial charge in [0, 0.05) is 12.1 Å². The van der Waals surface area contributed by atoms with Crippen molar-refractivity contribution in [3.63, 3.8) is 0 Å². The molecule has 0 saturated carbocycles. The third-order valence-electron chi connectivity index (χ3n) is 3.03. The molecule has 0 aliphatic rings. The lowest BCUT2D eigenvalue weighted by molar-refractivity contribution is 0.0951. The largest absolute Gasteiger partial charge is 0.352 e. The van der Waals surface area contributed by atoms with Crippen LogP contribution >= 0.6 is 0 Å². The fourth-order valence-corrected chi connectivity index (χ4v) is 1.78. The van der Waals surface area contributed by atoms with Crippen LogP contribution in [-0.4, -0.2) is 12.5 Å². The lowest BCUT2D eigenvalue weighted by Gasteiger charge is -2.12. The molecule has 1 rings (SSSR count). The van der Waals surface area contributed by atoms with Gasteiger partial charge in [-0.3, -0.25) is 4.79 Å². The molecule has 1 amide bonds. The number of carbonyl (C=O) groups is 1. The molecule has 0 spiro atoms. The van der Waals surface area contributed by atoms with Crippen molar-refractivity contribution in [3.05, 3.63) is 35.9 Å². The zero-order valence-electron chi connectivity index (χ0n) is 10.2. The van der Waals surface area contributed by atoms with Crippen molar-refractivity contribution >= 4 is 5.91 Å². The first-order chi connectivity index (χ1) is 7.77. The Morgan fingerprint density at radius 2 is 1.81 bits per heavy atom. The number of nitrogens with one attached hydrogen (secondary N) is 1.